The molecule has 3 rings (SSSR count). The molecule has 28 heavy (non-hydrogen) atoms. The topological polar surface area (TPSA) is 93.1 Å². The fourth-order valence-electron chi connectivity index (χ4n) is 2.65. The molecule has 0 atom stereocenters. The lowest BCUT2D eigenvalue weighted by molar-refractivity contribution is -0.122. The number of halogens is 2. The Bertz CT molecular complexity index is 1130. The Morgan fingerprint density at radius 3 is 2.71 bits per heavy atom. The van der Waals surface area contributed by atoms with E-state index in [1.165, 1.54) is 23.0 Å². The first-order valence-corrected chi connectivity index (χ1v) is 9.11. The zero-order chi connectivity index (χ0) is 20.3. The smallest absolute Gasteiger partial charge is 0.271 e. The Kier molecular flexibility index (Phi) is 5.96. The number of aryl methyl sites for hydroxylation is 2. The Balaban J connectivity index is 1.61. The van der Waals surface area contributed by atoms with Crippen molar-refractivity contribution in [2.24, 2.45) is 0 Å². The molecule has 3 aromatic rings. The summed E-state index contributed by atoms with van der Waals surface area (Å²) in [6.07, 6.45) is 1.39. The van der Waals surface area contributed by atoms with Crippen LogP contribution in [0, 0.1) is 6.92 Å². The third-order valence-electron chi connectivity index (χ3n) is 4.12. The van der Waals surface area contributed by atoms with Crippen molar-refractivity contribution in [2.75, 3.05) is 0 Å². The number of hydrogen-bond donors (Lipinski definition) is 2. The molecule has 0 fully saturated rings. The molecule has 1 aromatic heterocycles. The summed E-state index contributed by atoms with van der Waals surface area (Å²) in [5.74, 6) is -1.07. The minimum atomic E-state index is -0.596. The van der Waals surface area contributed by atoms with E-state index < -0.39 is 11.8 Å². The van der Waals surface area contributed by atoms with Crippen molar-refractivity contribution in [1.29, 1.82) is 0 Å². The molecule has 0 unspecified atom stereocenters. The van der Waals surface area contributed by atoms with Crippen LogP contribution in [0.4, 0.5) is 0 Å². The molecular weight excluding hydrogens is 403 g/mol. The van der Waals surface area contributed by atoms with E-state index in [-0.39, 0.29) is 29.1 Å². The number of aromatic nitrogens is 2. The summed E-state index contributed by atoms with van der Waals surface area (Å²) in [5.41, 5.74) is 6.01. The highest BCUT2D eigenvalue weighted by molar-refractivity contribution is 6.35. The van der Waals surface area contributed by atoms with E-state index >= 15 is 0 Å². The van der Waals surface area contributed by atoms with Crippen molar-refractivity contribution in [3.63, 3.8) is 0 Å². The van der Waals surface area contributed by atoms with Gasteiger partial charge in [0.15, 0.2) is 0 Å². The van der Waals surface area contributed by atoms with Crippen molar-refractivity contribution in [1.82, 2.24) is 20.4 Å². The zero-order valence-corrected chi connectivity index (χ0v) is 16.3. The monoisotopic (exact) mass is 418 g/mol. The zero-order valence-electron chi connectivity index (χ0n) is 14.8. The molecule has 0 aliphatic heterocycles. The van der Waals surface area contributed by atoms with Gasteiger partial charge in [-0.2, -0.15) is 0 Å². The number of amides is 2. The van der Waals surface area contributed by atoms with Gasteiger partial charge in [-0.25, -0.2) is 4.98 Å². The van der Waals surface area contributed by atoms with Crippen LogP contribution in [-0.2, 0) is 11.3 Å². The molecule has 9 heteroatoms. The van der Waals surface area contributed by atoms with Gasteiger partial charge >= 0.3 is 0 Å². The number of para-hydroxylation sites is 1. The predicted molar refractivity (Wildman–Crippen MR) is 107 cm³/mol. The van der Waals surface area contributed by atoms with Crippen LogP contribution in [0.2, 0.25) is 10.0 Å². The first-order valence-electron chi connectivity index (χ1n) is 8.36. The maximum atomic E-state index is 12.5. The van der Waals surface area contributed by atoms with Crippen LogP contribution in [0.3, 0.4) is 0 Å². The normalized spacial score (nSPS) is 10.7. The first-order chi connectivity index (χ1) is 13.4. The fraction of sp³-hybridized carbons (Fsp3) is 0.158. The molecule has 0 spiro atoms. The summed E-state index contributed by atoms with van der Waals surface area (Å²) in [5, 5.41) is 1.05. The number of nitrogens with zero attached hydrogens (tertiary/aromatic N) is 2. The van der Waals surface area contributed by atoms with E-state index in [1.54, 1.807) is 18.2 Å². The van der Waals surface area contributed by atoms with E-state index in [1.807, 2.05) is 13.0 Å². The summed E-state index contributed by atoms with van der Waals surface area (Å²) in [6, 6.07) is 9.80. The van der Waals surface area contributed by atoms with E-state index in [0.717, 1.165) is 5.56 Å². The highest BCUT2D eigenvalue weighted by Gasteiger charge is 2.12. The van der Waals surface area contributed by atoms with E-state index in [0.29, 0.717) is 15.9 Å². The molecule has 0 saturated carbocycles. The average molecular weight is 419 g/mol. The number of benzene rings is 2. The van der Waals surface area contributed by atoms with Gasteiger partial charge in [-0.3, -0.25) is 29.8 Å². The Morgan fingerprint density at radius 1 is 1.14 bits per heavy atom. The molecule has 0 aliphatic rings. The van der Waals surface area contributed by atoms with Gasteiger partial charge in [-0.15, -0.1) is 0 Å². The van der Waals surface area contributed by atoms with Crippen LogP contribution < -0.4 is 16.4 Å². The number of hydrogen-bond acceptors (Lipinski definition) is 4. The number of carbonyl (C=O) groups excluding carboxylic acids is 2. The second-order valence-electron chi connectivity index (χ2n) is 6.09. The second kappa shape index (κ2) is 8.41. The minimum Gasteiger partial charge on any atom is -0.298 e. The molecular formula is C19H16Cl2N4O3. The van der Waals surface area contributed by atoms with Crippen molar-refractivity contribution < 1.29 is 9.59 Å². The van der Waals surface area contributed by atoms with Crippen LogP contribution in [0.25, 0.3) is 10.9 Å². The van der Waals surface area contributed by atoms with Gasteiger partial charge in [0.05, 0.1) is 27.8 Å². The Labute approximate surface area is 170 Å². The van der Waals surface area contributed by atoms with Gasteiger partial charge in [0.2, 0.25) is 5.91 Å². The summed E-state index contributed by atoms with van der Waals surface area (Å²) in [6.45, 7) is 2.00. The SMILES string of the molecule is Cc1cccc2c(=O)n(CCC(=O)NNC(=O)c3cc(Cl)ccc3Cl)cnc12. The largest absolute Gasteiger partial charge is 0.298 e. The second-order valence-corrected chi connectivity index (χ2v) is 6.93. The number of fused-ring (bicyclic) bond motifs is 1. The maximum Gasteiger partial charge on any atom is 0.271 e. The molecule has 2 amide bonds. The summed E-state index contributed by atoms with van der Waals surface area (Å²) in [7, 11) is 0. The number of rotatable bonds is 4. The van der Waals surface area contributed by atoms with Gasteiger partial charge in [0.1, 0.15) is 0 Å². The van der Waals surface area contributed by atoms with Crippen LogP contribution in [0.5, 0.6) is 0 Å². The van der Waals surface area contributed by atoms with E-state index in [9.17, 15) is 14.4 Å². The molecule has 0 aliphatic carbocycles. The lowest BCUT2D eigenvalue weighted by atomic mass is 10.1. The predicted octanol–water partition coefficient (Wildman–Crippen LogP) is 2.86. The van der Waals surface area contributed by atoms with E-state index in [4.69, 9.17) is 23.2 Å². The average Bonchev–Trinajstić information content (AvgIpc) is 2.68. The van der Waals surface area contributed by atoms with Gasteiger partial charge < -0.3 is 0 Å². The van der Waals surface area contributed by atoms with Crippen LogP contribution in [0.15, 0.2) is 47.5 Å². The van der Waals surface area contributed by atoms with Gasteiger partial charge in [0, 0.05) is 18.0 Å². The lowest BCUT2D eigenvalue weighted by Crippen LogP contribution is -2.42. The highest BCUT2D eigenvalue weighted by Crippen LogP contribution is 2.20. The molecule has 1 heterocycles. The van der Waals surface area contributed by atoms with Crippen LogP contribution >= 0.6 is 23.2 Å². The van der Waals surface area contributed by atoms with Crippen molar-refractivity contribution in [3.8, 4) is 0 Å². The number of hydrazine groups is 1. The van der Waals surface area contributed by atoms with E-state index in [2.05, 4.69) is 15.8 Å². The molecule has 0 bridgehead atoms. The van der Waals surface area contributed by atoms with Crippen LogP contribution in [0.1, 0.15) is 22.3 Å². The molecule has 0 saturated heterocycles. The van der Waals surface area contributed by atoms with Crippen molar-refractivity contribution in [3.05, 3.63) is 74.3 Å². The Morgan fingerprint density at radius 2 is 1.93 bits per heavy atom. The maximum absolute atomic E-state index is 12.5. The van der Waals surface area contributed by atoms with Crippen LogP contribution in [-0.4, -0.2) is 21.4 Å². The molecule has 0 radical (unpaired) electrons. The van der Waals surface area contributed by atoms with Gasteiger partial charge in [-0.05, 0) is 36.8 Å². The summed E-state index contributed by atoms with van der Waals surface area (Å²) in [4.78, 5) is 40.9. The lowest BCUT2D eigenvalue weighted by Gasteiger charge is -2.10. The number of nitrogens with one attached hydrogen (secondary N) is 2. The summed E-state index contributed by atoms with van der Waals surface area (Å²) < 4.78 is 1.36. The van der Waals surface area contributed by atoms with Crippen molar-refractivity contribution in [2.45, 2.75) is 19.9 Å². The first kappa shape index (κ1) is 19.9. The fourth-order valence-corrected chi connectivity index (χ4v) is 3.02. The molecule has 144 valence electrons. The standard InChI is InChI=1S/C19H16Cl2N4O3/c1-11-3-2-4-13-17(11)22-10-25(19(13)28)8-7-16(26)23-24-18(27)14-9-12(20)5-6-15(14)21/h2-6,9-10H,7-8H2,1H3,(H,23,26)(H,24,27). The van der Waals surface area contributed by atoms with Gasteiger partial charge in [-0.1, -0.05) is 35.3 Å². The number of carbonyl (C=O) groups is 2. The minimum absolute atomic E-state index is 0.0253. The molecule has 2 aromatic carbocycles. The van der Waals surface area contributed by atoms with Gasteiger partial charge in [0.25, 0.3) is 11.5 Å². The third kappa shape index (κ3) is 4.32. The Hall–Kier alpha value is -2.90. The summed E-state index contributed by atoms with van der Waals surface area (Å²) >= 11 is 11.8. The highest BCUT2D eigenvalue weighted by atomic mass is 35.5. The quantitative estimate of drug-likeness (QED) is 0.636. The molecule has 7 nitrogen and oxygen atoms in total. The molecule has 2 N–H and O–H groups in total. The van der Waals surface area contributed by atoms with Crippen molar-refractivity contribution >= 4 is 45.9 Å². The third-order valence-corrected chi connectivity index (χ3v) is 4.69.